The summed E-state index contributed by atoms with van der Waals surface area (Å²) in [7, 11) is 0. The molecule has 7 nitrogen and oxygen atoms in total. The second-order valence-corrected chi connectivity index (χ2v) is 10.0. The number of amides is 3. The van der Waals surface area contributed by atoms with E-state index >= 15 is 0 Å². The van der Waals surface area contributed by atoms with Gasteiger partial charge in [0.25, 0.3) is 0 Å². The summed E-state index contributed by atoms with van der Waals surface area (Å²) in [4.78, 5) is 36.2. The first-order valence-corrected chi connectivity index (χ1v) is 13.2. The van der Waals surface area contributed by atoms with Crippen LogP contribution >= 0.6 is 11.6 Å². The number of carbonyl (C=O) groups excluding carboxylic acids is 2. The van der Waals surface area contributed by atoms with Gasteiger partial charge in [0.15, 0.2) is 5.69 Å². The fraction of sp³-hybridized carbons (Fsp3) is 0.167. The van der Waals surface area contributed by atoms with E-state index in [0.29, 0.717) is 35.2 Å². The topological polar surface area (TPSA) is 80.5 Å². The van der Waals surface area contributed by atoms with E-state index in [4.69, 9.17) is 11.6 Å². The maximum atomic E-state index is 14.0. The van der Waals surface area contributed by atoms with Crippen molar-refractivity contribution >= 4 is 51.3 Å². The Bertz CT molecular complexity index is 1820. The summed E-state index contributed by atoms with van der Waals surface area (Å²) in [6.07, 6.45) is 5.06. The Labute approximate surface area is 237 Å². The molecule has 1 unspecified atom stereocenters. The van der Waals surface area contributed by atoms with Gasteiger partial charge in [-0.15, -0.1) is 0 Å². The maximum Gasteiger partial charge on any atom is 0.435 e. The number of nitrogens with zero attached hydrogens (tertiary/aromatic N) is 5. The predicted molar refractivity (Wildman–Crippen MR) is 151 cm³/mol. The minimum atomic E-state index is -4.69. The van der Waals surface area contributed by atoms with Gasteiger partial charge in [-0.1, -0.05) is 67.1 Å². The van der Waals surface area contributed by atoms with E-state index in [1.54, 1.807) is 48.7 Å². The first kappa shape index (κ1) is 26.6. The Morgan fingerprint density at radius 2 is 1.83 bits per heavy atom. The molecule has 41 heavy (non-hydrogen) atoms. The zero-order valence-corrected chi connectivity index (χ0v) is 22.3. The van der Waals surface area contributed by atoms with Crippen molar-refractivity contribution in [3.8, 4) is 11.1 Å². The third-order valence-electron chi connectivity index (χ3n) is 6.96. The highest BCUT2D eigenvalue weighted by atomic mass is 35.5. The van der Waals surface area contributed by atoms with Crippen molar-refractivity contribution in [1.29, 1.82) is 0 Å². The van der Waals surface area contributed by atoms with Gasteiger partial charge >= 0.3 is 12.2 Å². The van der Waals surface area contributed by atoms with E-state index in [2.05, 4.69) is 15.1 Å². The fourth-order valence-electron chi connectivity index (χ4n) is 5.17. The van der Waals surface area contributed by atoms with Crippen LogP contribution in [0.2, 0.25) is 5.02 Å². The molecule has 0 radical (unpaired) electrons. The van der Waals surface area contributed by atoms with Crippen molar-refractivity contribution in [3.63, 3.8) is 0 Å². The number of imide groups is 1. The molecule has 3 heterocycles. The van der Waals surface area contributed by atoms with Crippen LogP contribution in [0.25, 0.3) is 27.5 Å². The van der Waals surface area contributed by atoms with Gasteiger partial charge in [-0.05, 0) is 29.7 Å². The Kier molecular flexibility index (Phi) is 6.57. The minimum Gasteiger partial charge on any atom is -0.273 e. The number of carbonyl (C=O) groups is 2. The van der Waals surface area contributed by atoms with E-state index in [0.717, 1.165) is 10.3 Å². The number of urea groups is 1. The van der Waals surface area contributed by atoms with Gasteiger partial charge in [0.05, 0.1) is 23.5 Å². The van der Waals surface area contributed by atoms with Crippen LogP contribution in [0.4, 0.5) is 23.7 Å². The van der Waals surface area contributed by atoms with E-state index < -0.39 is 29.7 Å². The standard InChI is InChI=1S/C30H21ClF3N5O2/c1-2-12-38-16-22(27(37-38)30(32,33)34)20-8-5-9-23(31)26(20)17-10-11-21-24(13-17)36-29(41)39(28(21)40)25-15-35-14-18-6-3-4-7-19(18)25/h3-11,13-16,21H,2,12H2,1H3. The molecule has 0 N–H and O–H groups in total. The Morgan fingerprint density at radius 1 is 1.02 bits per heavy atom. The number of anilines is 1. The molecule has 0 fully saturated rings. The summed E-state index contributed by atoms with van der Waals surface area (Å²) in [5.41, 5.74) is 0.303. The van der Waals surface area contributed by atoms with Crippen LogP contribution in [0.15, 0.2) is 84.3 Å². The predicted octanol–water partition coefficient (Wildman–Crippen LogP) is 7.36. The van der Waals surface area contributed by atoms with E-state index in [9.17, 15) is 22.8 Å². The molecule has 1 aliphatic heterocycles. The van der Waals surface area contributed by atoms with Crippen molar-refractivity contribution in [1.82, 2.24) is 14.8 Å². The largest absolute Gasteiger partial charge is 0.435 e. The van der Waals surface area contributed by atoms with Crippen molar-refractivity contribution in [3.05, 3.63) is 95.6 Å². The van der Waals surface area contributed by atoms with Crippen LogP contribution in [-0.4, -0.2) is 32.4 Å². The fourth-order valence-corrected chi connectivity index (χ4v) is 5.45. The molecule has 1 aliphatic carbocycles. The average molecular weight is 576 g/mol. The van der Waals surface area contributed by atoms with Gasteiger partial charge in [-0.3, -0.25) is 14.5 Å². The number of benzene rings is 2. The highest BCUT2D eigenvalue weighted by Crippen LogP contribution is 2.42. The lowest BCUT2D eigenvalue weighted by atomic mass is 9.86. The number of aliphatic imine (C=N–C) groups is 1. The summed E-state index contributed by atoms with van der Waals surface area (Å²) in [6, 6.07) is 11.1. The lowest BCUT2D eigenvalue weighted by Gasteiger charge is -2.30. The average Bonchev–Trinajstić information content (AvgIpc) is 3.37. The third-order valence-corrected chi connectivity index (χ3v) is 7.27. The number of halogens is 4. The van der Waals surface area contributed by atoms with Crippen molar-refractivity contribution in [2.24, 2.45) is 10.9 Å². The van der Waals surface area contributed by atoms with Crippen LogP contribution in [0.5, 0.6) is 0 Å². The second-order valence-electron chi connectivity index (χ2n) is 9.62. The molecule has 0 saturated heterocycles. The Morgan fingerprint density at radius 3 is 2.61 bits per heavy atom. The molecule has 1 atom stereocenters. The molecule has 6 rings (SSSR count). The van der Waals surface area contributed by atoms with E-state index in [1.807, 2.05) is 19.1 Å². The Balaban J connectivity index is 1.44. The summed E-state index contributed by atoms with van der Waals surface area (Å²) in [5.74, 6) is -1.39. The molecule has 3 amide bonds. The molecule has 2 aromatic heterocycles. The zero-order valence-electron chi connectivity index (χ0n) is 21.6. The molecule has 11 heteroatoms. The van der Waals surface area contributed by atoms with Crippen molar-refractivity contribution in [2.75, 3.05) is 4.90 Å². The monoisotopic (exact) mass is 575 g/mol. The molecule has 206 valence electrons. The van der Waals surface area contributed by atoms with E-state index in [-0.39, 0.29) is 21.9 Å². The van der Waals surface area contributed by atoms with Gasteiger partial charge in [-0.2, -0.15) is 23.3 Å². The normalized spacial score (nSPS) is 17.1. The van der Waals surface area contributed by atoms with E-state index in [1.165, 1.54) is 23.2 Å². The highest BCUT2D eigenvalue weighted by Gasteiger charge is 2.40. The molecular weight excluding hydrogens is 555 g/mol. The molecule has 0 saturated carbocycles. The quantitative estimate of drug-likeness (QED) is 0.249. The summed E-state index contributed by atoms with van der Waals surface area (Å²) >= 11 is 6.57. The zero-order chi connectivity index (χ0) is 28.9. The van der Waals surface area contributed by atoms with Crippen LogP contribution in [0, 0.1) is 5.92 Å². The van der Waals surface area contributed by atoms with Crippen LogP contribution < -0.4 is 4.90 Å². The van der Waals surface area contributed by atoms with Crippen LogP contribution in [0.3, 0.4) is 0 Å². The molecule has 2 aromatic carbocycles. The summed E-state index contributed by atoms with van der Waals surface area (Å²) in [6.45, 7) is 2.16. The Hall–Kier alpha value is -4.57. The summed E-state index contributed by atoms with van der Waals surface area (Å²) in [5, 5.41) is 5.42. The van der Waals surface area contributed by atoms with Gasteiger partial charge < -0.3 is 0 Å². The smallest absolute Gasteiger partial charge is 0.273 e. The molecule has 4 aromatic rings. The second kappa shape index (κ2) is 10.1. The first-order valence-electron chi connectivity index (χ1n) is 12.8. The van der Waals surface area contributed by atoms with Crippen LogP contribution in [0.1, 0.15) is 24.6 Å². The minimum absolute atomic E-state index is 0.118. The molecule has 0 bridgehead atoms. The summed E-state index contributed by atoms with van der Waals surface area (Å²) < 4.78 is 43.3. The van der Waals surface area contributed by atoms with Gasteiger partial charge in [0.2, 0.25) is 5.91 Å². The molecule has 0 spiro atoms. The number of aromatic nitrogens is 3. The first-order chi connectivity index (χ1) is 19.7. The van der Waals surface area contributed by atoms with Crippen molar-refractivity contribution in [2.45, 2.75) is 26.1 Å². The van der Waals surface area contributed by atoms with Gasteiger partial charge in [-0.25, -0.2) is 9.69 Å². The lowest BCUT2D eigenvalue weighted by Crippen LogP contribution is -2.46. The number of allylic oxidation sites excluding steroid dienone is 3. The number of alkyl halides is 3. The SMILES string of the molecule is CCCn1cc(-c2cccc(Cl)c2C2=CC3=NC(=O)N(c4cncc5ccccc45)C(=O)C3C=C2)c(C(F)(F)F)n1. The number of pyridine rings is 1. The molecule has 2 aliphatic rings. The van der Waals surface area contributed by atoms with Gasteiger partial charge in [0, 0.05) is 45.9 Å². The van der Waals surface area contributed by atoms with Crippen molar-refractivity contribution < 1.29 is 22.8 Å². The highest BCUT2D eigenvalue weighted by molar-refractivity contribution is 6.35. The molecular formula is C30H21ClF3N5O2. The van der Waals surface area contributed by atoms with Gasteiger partial charge in [0.1, 0.15) is 0 Å². The number of hydrogen-bond acceptors (Lipinski definition) is 4. The lowest BCUT2D eigenvalue weighted by molar-refractivity contribution is -0.141. The third kappa shape index (κ3) is 4.63. The van der Waals surface area contributed by atoms with Crippen LogP contribution in [-0.2, 0) is 17.5 Å². The number of hydrogen-bond donors (Lipinski definition) is 0. The maximum absolute atomic E-state index is 14.0. The number of rotatable bonds is 5. The number of aryl methyl sites for hydroxylation is 1. The number of fused-ring (bicyclic) bond motifs is 2.